The monoisotopic (exact) mass is 446 g/mol. The number of hydrogen-bond acceptors (Lipinski definition) is 7. The largest absolute Gasteiger partial charge is 0.393 e. The summed E-state index contributed by atoms with van der Waals surface area (Å²) in [6, 6.07) is 3.78. The number of nitrogens with zero attached hydrogens (tertiary/aromatic N) is 3. The van der Waals surface area contributed by atoms with Crippen LogP contribution in [0.2, 0.25) is 0 Å². The molecule has 1 fully saturated rings. The van der Waals surface area contributed by atoms with E-state index in [-0.39, 0.29) is 46.5 Å². The second-order valence-electron chi connectivity index (χ2n) is 7.32. The molecular weight excluding hydrogens is 426 g/mol. The molecule has 2 aromatic heterocycles. The lowest BCUT2D eigenvalue weighted by Gasteiger charge is -2.12. The van der Waals surface area contributed by atoms with Crippen molar-refractivity contribution >= 4 is 40.8 Å². The van der Waals surface area contributed by atoms with E-state index in [0.717, 1.165) is 3.97 Å². The third-order valence-electron chi connectivity index (χ3n) is 5.30. The van der Waals surface area contributed by atoms with Crippen LogP contribution in [-0.2, 0) is 0 Å². The molecule has 3 aromatic rings. The number of aromatic nitrogens is 3. The van der Waals surface area contributed by atoms with E-state index in [1.807, 2.05) is 0 Å². The number of aliphatic hydroxyl groups is 1. The highest BCUT2D eigenvalue weighted by atomic mass is 32.2. The van der Waals surface area contributed by atoms with Crippen LogP contribution in [0.4, 0.5) is 14.0 Å². The molecule has 4 rings (SSSR count). The fourth-order valence-corrected chi connectivity index (χ4v) is 4.08. The van der Waals surface area contributed by atoms with E-state index >= 15 is 0 Å². The number of fused-ring (bicyclic) bond motifs is 1. The summed E-state index contributed by atoms with van der Waals surface area (Å²) in [5, 5.41) is 23.9. The zero-order valence-corrected chi connectivity index (χ0v) is 17.3. The topological polar surface area (TPSA) is 116 Å². The molecule has 1 amide bonds. The summed E-state index contributed by atoms with van der Waals surface area (Å²) in [7, 11) is 1.61. The summed E-state index contributed by atoms with van der Waals surface area (Å²) >= 11 is -0.113. The highest BCUT2D eigenvalue weighted by Crippen LogP contribution is 2.26. The van der Waals surface area contributed by atoms with Crippen LogP contribution in [0.25, 0.3) is 11.2 Å². The number of carbonyl (C=O) groups excluding carboxylic acids is 1. The summed E-state index contributed by atoms with van der Waals surface area (Å²) in [6.07, 6.45) is 3.90. The number of carbonyl (C=O) groups is 1. The molecule has 0 aliphatic heterocycles. The van der Waals surface area contributed by atoms with Gasteiger partial charge in [-0.05, 0) is 37.5 Å². The van der Waals surface area contributed by atoms with Crippen LogP contribution >= 0.6 is 12.3 Å². The molecule has 1 aromatic carbocycles. The third-order valence-corrected chi connectivity index (χ3v) is 5.73. The van der Waals surface area contributed by atoms with E-state index in [9.17, 15) is 18.2 Å². The van der Waals surface area contributed by atoms with Gasteiger partial charge in [-0.15, -0.1) is 3.89 Å². The molecule has 8 nitrogen and oxygen atoms in total. The van der Waals surface area contributed by atoms with E-state index in [1.165, 1.54) is 30.6 Å². The first-order valence-electron chi connectivity index (χ1n) is 9.64. The van der Waals surface area contributed by atoms with Crippen molar-refractivity contribution in [3.8, 4) is 0 Å². The van der Waals surface area contributed by atoms with Crippen LogP contribution < -0.4 is 10.6 Å². The highest BCUT2D eigenvalue weighted by molar-refractivity contribution is 7.92. The van der Waals surface area contributed by atoms with E-state index in [4.69, 9.17) is 5.41 Å². The summed E-state index contributed by atoms with van der Waals surface area (Å²) in [5.74, 6) is -0.900. The standard InChI is InChI=1S/C20H20F2N6O2S/c1-24-15-6-10(21)2-5-13(15)17(23)16-8-25-19-18(27-16)14(9-28(19)31-22)20(30)26-11-3-4-12(29)7-11/h2,5-6,8-9,11-12,23-24,29H,3-4,7H2,1H3,(H,26,30)/t11-,12?/m0/s1. The zero-order valence-electron chi connectivity index (χ0n) is 16.5. The van der Waals surface area contributed by atoms with Gasteiger partial charge in [0.05, 0.1) is 23.6 Å². The third kappa shape index (κ3) is 4.10. The fraction of sp³-hybridized carbons (Fsp3) is 0.300. The molecule has 31 heavy (non-hydrogen) atoms. The van der Waals surface area contributed by atoms with Gasteiger partial charge in [0.1, 0.15) is 17.0 Å². The Balaban J connectivity index is 1.72. The lowest BCUT2D eigenvalue weighted by atomic mass is 10.1. The van der Waals surface area contributed by atoms with Gasteiger partial charge in [-0.2, -0.15) is 0 Å². The van der Waals surface area contributed by atoms with Gasteiger partial charge >= 0.3 is 0 Å². The van der Waals surface area contributed by atoms with Gasteiger partial charge in [-0.1, -0.05) is 0 Å². The maximum Gasteiger partial charge on any atom is 0.255 e. The van der Waals surface area contributed by atoms with Gasteiger partial charge in [-0.25, -0.2) is 18.3 Å². The number of amides is 1. The van der Waals surface area contributed by atoms with Crippen LogP contribution in [-0.4, -0.2) is 49.9 Å². The first-order valence-corrected chi connectivity index (χ1v) is 10.3. The van der Waals surface area contributed by atoms with Crippen molar-refractivity contribution in [2.75, 3.05) is 12.4 Å². The van der Waals surface area contributed by atoms with Crippen molar-refractivity contribution in [1.29, 1.82) is 5.41 Å². The van der Waals surface area contributed by atoms with E-state index in [0.29, 0.717) is 30.5 Å². The second-order valence-corrected chi connectivity index (χ2v) is 7.85. The molecule has 162 valence electrons. The molecule has 0 saturated heterocycles. The quantitative estimate of drug-likeness (QED) is 0.433. The zero-order chi connectivity index (χ0) is 22.1. The van der Waals surface area contributed by atoms with Crippen molar-refractivity contribution in [2.24, 2.45) is 0 Å². The van der Waals surface area contributed by atoms with E-state index < -0.39 is 17.8 Å². The van der Waals surface area contributed by atoms with Gasteiger partial charge in [-0.3, -0.25) is 10.2 Å². The lowest BCUT2D eigenvalue weighted by molar-refractivity contribution is 0.0935. The average molecular weight is 446 g/mol. The molecule has 0 bridgehead atoms. The summed E-state index contributed by atoms with van der Waals surface area (Å²) in [6.45, 7) is 0. The summed E-state index contributed by atoms with van der Waals surface area (Å²) < 4.78 is 28.0. The van der Waals surface area contributed by atoms with Gasteiger partial charge in [0.2, 0.25) is 0 Å². The van der Waals surface area contributed by atoms with Crippen molar-refractivity contribution in [3.63, 3.8) is 0 Å². The number of nitrogens with one attached hydrogen (secondary N) is 3. The minimum atomic E-state index is -0.451. The number of hydrogen-bond donors (Lipinski definition) is 4. The lowest BCUT2D eigenvalue weighted by Crippen LogP contribution is -2.33. The van der Waals surface area contributed by atoms with Crippen molar-refractivity contribution in [1.82, 2.24) is 19.3 Å². The molecular formula is C20H20F2N6O2S. The number of aliphatic hydroxyl groups excluding tert-OH is 1. The summed E-state index contributed by atoms with van der Waals surface area (Å²) in [5.41, 5.74) is 1.36. The Kier molecular flexibility index (Phi) is 5.88. The smallest absolute Gasteiger partial charge is 0.255 e. The first kappa shape index (κ1) is 21.2. The van der Waals surface area contributed by atoms with Gasteiger partial charge < -0.3 is 15.7 Å². The first-order chi connectivity index (χ1) is 14.9. The molecule has 1 aliphatic rings. The van der Waals surface area contributed by atoms with Gasteiger partial charge in [0.25, 0.3) is 5.91 Å². The molecule has 4 N–H and O–H groups in total. The minimum absolute atomic E-state index is 0.0234. The maximum atomic E-state index is 13.5. The van der Waals surface area contributed by atoms with Crippen LogP contribution in [0.5, 0.6) is 0 Å². The average Bonchev–Trinajstić information content (AvgIpc) is 3.35. The Morgan fingerprint density at radius 3 is 2.84 bits per heavy atom. The SMILES string of the molecule is CNc1cc(F)ccc1C(=N)c1cnc2c(n1)c(C(=O)N[C@H]1CCC(O)C1)cn2SF. The molecule has 0 radical (unpaired) electrons. The fourth-order valence-electron chi connectivity index (χ4n) is 3.73. The Morgan fingerprint density at radius 1 is 1.35 bits per heavy atom. The molecule has 2 heterocycles. The van der Waals surface area contributed by atoms with Gasteiger partial charge in [0, 0.05) is 30.5 Å². The molecule has 0 spiro atoms. The van der Waals surface area contributed by atoms with Crippen LogP contribution in [0, 0.1) is 11.2 Å². The van der Waals surface area contributed by atoms with Crippen molar-refractivity contribution in [2.45, 2.75) is 31.4 Å². The Labute approximate surface area is 181 Å². The Morgan fingerprint density at radius 2 is 2.16 bits per heavy atom. The van der Waals surface area contributed by atoms with Crippen LogP contribution in [0.15, 0.2) is 30.6 Å². The van der Waals surface area contributed by atoms with Crippen LogP contribution in [0.1, 0.15) is 40.9 Å². The number of rotatable bonds is 6. The maximum absolute atomic E-state index is 13.5. The highest BCUT2D eigenvalue weighted by Gasteiger charge is 2.27. The number of anilines is 1. The molecule has 2 atom stereocenters. The normalized spacial score (nSPS) is 18.3. The Bertz CT molecular complexity index is 1170. The predicted molar refractivity (Wildman–Crippen MR) is 115 cm³/mol. The number of benzene rings is 1. The van der Waals surface area contributed by atoms with Crippen molar-refractivity contribution in [3.05, 3.63) is 53.2 Å². The molecule has 1 aliphatic carbocycles. The van der Waals surface area contributed by atoms with Gasteiger partial charge in [0.15, 0.2) is 18.0 Å². The van der Waals surface area contributed by atoms with Crippen molar-refractivity contribution < 1.29 is 18.2 Å². The molecule has 1 saturated carbocycles. The van der Waals surface area contributed by atoms with E-state index in [1.54, 1.807) is 7.05 Å². The second kappa shape index (κ2) is 8.60. The summed E-state index contributed by atoms with van der Waals surface area (Å²) in [4.78, 5) is 21.4. The Hall–Kier alpha value is -3.05. The molecule has 11 heteroatoms. The van der Waals surface area contributed by atoms with Crippen LogP contribution in [0.3, 0.4) is 0 Å². The number of halogens is 2. The van der Waals surface area contributed by atoms with E-state index in [2.05, 4.69) is 20.6 Å². The predicted octanol–water partition coefficient (Wildman–Crippen LogP) is 3.05. The minimum Gasteiger partial charge on any atom is -0.393 e. The molecule has 1 unspecified atom stereocenters.